The van der Waals surface area contributed by atoms with E-state index in [-0.39, 0.29) is 61.3 Å². The Morgan fingerprint density at radius 1 is 0.708 bits per heavy atom. The van der Waals surface area contributed by atoms with E-state index in [4.69, 9.17) is 22.0 Å². The first-order chi connectivity index (χ1) is 30.3. The molecule has 0 bridgehead atoms. The molecule has 2 aromatic heterocycles. The van der Waals surface area contributed by atoms with Gasteiger partial charge in [-0.1, -0.05) is 23.5 Å². The summed E-state index contributed by atoms with van der Waals surface area (Å²) in [5.74, 6) is -3.03. The van der Waals surface area contributed by atoms with Crippen LogP contribution in [0.5, 0.6) is 0 Å². The number of pyridine rings is 2. The van der Waals surface area contributed by atoms with Crippen molar-refractivity contribution in [1.82, 2.24) is 9.97 Å². The predicted molar refractivity (Wildman–Crippen MR) is 226 cm³/mol. The number of hydrogen-bond donors (Lipinski definition) is 4. The van der Waals surface area contributed by atoms with Gasteiger partial charge in [0.2, 0.25) is 0 Å². The summed E-state index contributed by atoms with van der Waals surface area (Å²) >= 11 is 0.781. The van der Waals surface area contributed by atoms with Gasteiger partial charge in [0.15, 0.2) is 10.3 Å². The number of rotatable bonds is 6. The monoisotopic (exact) mass is 948 g/mol. The maximum atomic E-state index is 14.5. The Bertz CT molecular complexity index is 2400. The molecule has 24 heteroatoms. The van der Waals surface area contributed by atoms with Gasteiger partial charge in [0, 0.05) is 41.8 Å². The molecule has 2 aliphatic rings. The molecule has 0 fully saturated rings. The summed E-state index contributed by atoms with van der Waals surface area (Å²) in [6.45, 7) is 4.09. The van der Waals surface area contributed by atoms with Crippen LogP contribution in [-0.2, 0) is 20.6 Å². The smallest absolute Gasteiger partial charge is 0.401 e. The lowest BCUT2D eigenvalue weighted by atomic mass is 9.86. The average molecular weight is 949 g/mol. The molecule has 342 valence electrons. The molecule has 4 heterocycles. The van der Waals surface area contributed by atoms with Crippen LogP contribution in [0.3, 0.4) is 0 Å². The first-order valence-electron chi connectivity index (χ1n) is 18.5. The van der Waals surface area contributed by atoms with Crippen molar-refractivity contribution in [1.29, 1.82) is 10.5 Å². The molecule has 0 unspecified atom stereocenters. The number of nitrogens with one attached hydrogen (secondary N) is 2. The number of nitriles is 2. The second-order valence-electron chi connectivity index (χ2n) is 14.2. The Morgan fingerprint density at radius 2 is 1.06 bits per heavy atom. The molecule has 0 spiro atoms. The highest BCUT2D eigenvalue weighted by Crippen LogP contribution is 2.47. The van der Waals surface area contributed by atoms with Crippen LogP contribution in [0.4, 0.5) is 46.5 Å². The average Bonchev–Trinajstić information content (AvgIpc) is 3.24. The normalized spacial score (nSPS) is 20.3. The molecule has 2 aromatic carbocycles. The number of amidine groups is 2. The number of halogens is 8. The van der Waals surface area contributed by atoms with Gasteiger partial charge in [-0.2, -0.15) is 36.9 Å². The van der Waals surface area contributed by atoms with Crippen LogP contribution >= 0.6 is 23.5 Å². The number of esters is 1. The van der Waals surface area contributed by atoms with Gasteiger partial charge < -0.3 is 26.8 Å². The van der Waals surface area contributed by atoms with Crippen LogP contribution in [0.2, 0.25) is 0 Å². The van der Waals surface area contributed by atoms with Crippen molar-refractivity contribution in [2.45, 2.75) is 67.5 Å². The minimum Gasteiger partial charge on any atom is -0.469 e. The summed E-state index contributed by atoms with van der Waals surface area (Å²) in [6, 6.07) is 16.4. The van der Waals surface area contributed by atoms with Crippen molar-refractivity contribution in [3.05, 3.63) is 118 Å². The van der Waals surface area contributed by atoms with E-state index in [1.807, 2.05) is 12.1 Å². The Labute approximate surface area is 373 Å². The van der Waals surface area contributed by atoms with E-state index in [1.165, 1.54) is 88.8 Å². The molecular formula is C41H36F8N10O4S2. The Balaban J connectivity index is 0.000000258. The second kappa shape index (κ2) is 20.8. The fourth-order valence-electron chi connectivity index (χ4n) is 6.04. The van der Waals surface area contributed by atoms with Crippen molar-refractivity contribution in [2.75, 3.05) is 17.7 Å². The zero-order valence-corrected chi connectivity index (χ0v) is 35.9. The van der Waals surface area contributed by atoms with E-state index in [0.29, 0.717) is 23.5 Å². The van der Waals surface area contributed by atoms with Gasteiger partial charge in [0.25, 0.3) is 11.8 Å². The minimum absolute atomic E-state index is 0.0135. The quantitative estimate of drug-likeness (QED) is 0.106. The third kappa shape index (κ3) is 13.6. The lowest BCUT2D eigenvalue weighted by molar-refractivity contribution is -0.138. The van der Waals surface area contributed by atoms with Crippen molar-refractivity contribution < 1.29 is 54.2 Å². The van der Waals surface area contributed by atoms with E-state index in [1.54, 1.807) is 0 Å². The number of ether oxygens (including phenoxy) is 1. The molecule has 65 heavy (non-hydrogen) atoms. The number of methoxy groups -OCH3 is 1. The zero-order chi connectivity index (χ0) is 48.5. The Morgan fingerprint density at radius 3 is 1.34 bits per heavy atom. The van der Waals surface area contributed by atoms with Crippen LogP contribution in [0.1, 0.15) is 76.8 Å². The molecular weight excluding hydrogens is 913 g/mol. The standard InChI is InChI=1S/2C19H15F4N5OS.C3H6O2/c2*1-18(7-15(19(21,22)23)30-17(25)28-18)12-6-11(3-4-13(12)20)27-16(29)14-5-2-10(8-24)9-26-14;1-3(4)5-2/h2*2-6,9,15H,7H2,1H3,(H2,25,28)(H,27,29);1-2H3/t2*15-,18-;/m00./s1. The molecule has 6 N–H and O–H groups in total. The second-order valence-corrected chi connectivity index (χ2v) is 16.7. The van der Waals surface area contributed by atoms with Gasteiger partial charge in [-0.3, -0.25) is 24.4 Å². The van der Waals surface area contributed by atoms with Crippen molar-refractivity contribution >= 4 is 63.0 Å². The lowest BCUT2D eigenvalue weighted by Gasteiger charge is -2.35. The number of aromatic nitrogens is 2. The van der Waals surface area contributed by atoms with Crippen molar-refractivity contribution in [3.63, 3.8) is 0 Å². The van der Waals surface area contributed by atoms with E-state index in [0.717, 1.165) is 12.1 Å². The Kier molecular flexibility index (Phi) is 16.3. The number of amides is 2. The van der Waals surface area contributed by atoms with Gasteiger partial charge in [-0.05, 0) is 87.4 Å². The van der Waals surface area contributed by atoms with Crippen LogP contribution in [0.15, 0.2) is 83.0 Å². The van der Waals surface area contributed by atoms with Crippen LogP contribution in [0, 0.1) is 34.3 Å². The van der Waals surface area contributed by atoms with E-state index < -0.39 is 70.2 Å². The number of aliphatic imine (C=N–C) groups is 2. The minimum atomic E-state index is -4.53. The summed E-state index contributed by atoms with van der Waals surface area (Å²) in [4.78, 5) is 50.2. The number of hydrogen-bond acceptors (Lipinski definition) is 14. The van der Waals surface area contributed by atoms with E-state index in [2.05, 4.69) is 35.3 Å². The number of carbonyl (C=O) groups is 3. The van der Waals surface area contributed by atoms with E-state index in [9.17, 15) is 49.5 Å². The summed E-state index contributed by atoms with van der Waals surface area (Å²) < 4.78 is 113. The SMILES string of the molecule is COC(C)=O.C[C@@]1(c2cc(NC(=O)c3ccc(C#N)cn3)ccc2F)C[C@@H](C(F)(F)F)SC(N)=N1.C[C@@]1(c2cc(NC(=O)c3ccc(C#N)cn3)ccc2F)C[C@@H](C(F)(F)F)SC(N)=N1. The first kappa shape index (κ1) is 50.9. The fourth-order valence-corrected chi connectivity index (χ4v) is 8.22. The van der Waals surface area contributed by atoms with Gasteiger partial charge in [0.1, 0.15) is 45.7 Å². The van der Waals surface area contributed by atoms with Crippen LogP contribution in [-0.4, -0.2) is 68.0 Å². The molecule has 6 rings (SSSR count). The number of alkyl halides is 6. The maximum Gasteiger partial charge on any atom is 0.401 e. The largest absolute Gasteiger partial charge is 0.469 e. The molecule has 2 aliphatic heterocycles. The van der Waals surface area contributed by atoms with Crippen LogP contribution in [0.25, 0.3) is 0 Å². The van der Waals surface area contributed by atoms with Crippen molar-refractivity contribution in [2.24, 2.45) is 21.5 Å². The van der Waals surface area contributed by atoms with Gasteiger partial charge >= 0.3 is 18.3 Å². The summed E-state index contributed by atoms with van der Waals surface area (Å²) in [5.41, 5.74) is 8.70. The molecule has 2 amide bonds. The number of nitrogens with zero attached hydrogens (tertiary/aromatic N) is 6. The Hall–Kier alpha value is -6.79. The highest BCUT2D eigenvalue weighted by Gasteiger charge is 2.50. The summed E-state index contributed by atoms with van der Waals surface area (Å²) in [5, 5.41) is 18.3. The summed E-state index contributed by atoms with van der Waals surface area (Å²) in [6.07, 6.45) is -7.63. The molecule has 0 radical (unpaired) electrons. The van der Waals surface area contributed by atoms with Gasteiger partial charge in [-0.25, -0.2) is 18.7 Å². The number of carbonyl (C=O) groups excluding carboxylic acids is 3. The van der Waals surface area contributed by atoms with Gasteiger partial charge in [-0.15, -0.1) is 0 Å². The third-order valence-corrected chi connectivity index (χ3v) is 11.4. The zero-order valence-electron chi connectivity index (χ0n) is 34.3. The third-order valence-electron chi connectivity index (χ3n) is 9.28. The number of benzene rings is 2. The molecule has 0 saturated carbocycles. The molecule has 4 aromatic rings. The lowest BCUT2D eigenvalue weighted by Crippen LogP contribution is -2.40. The molecule has 0 aliphatic carbocycles. The molecule has 14 nitrogen and oxygen atoms in total. The summed E-state index contributed by atoms with van der Waals surface area (Å²) in [7, 11) is 1.35. The van der Waals surface area contributed by atoms with Gasteiger partial charge in [0.05, 0.1) is 29.3 Å². The number of thioether (sulfide) groups is 2. The topological polar surface area (TPSA) is 235 Å². The maximum absolute atomic E-state index is 14.5. The fraction of sp³-hybridized carbons (Fsp3) is 0.293. The van der Waals surface area contributed by atoms with E-state index >= 15 is 0 Å². The highest BCUT2D eigenvalue weighted by molar-refractivity contribution is 8.14. The number of anilines is 2. The van der Waals surface area contributed by atoms with Crippen molar-refractivity contribution in [3.8, 4) is 12.1 Å². The van der Waals surface area contributed by atoms with Crippen LogP contribution < -0.4 is 22.1 Å². The predicted octanol–water partition coefficient (Wildman–Crippen LogP) is 8.06. The molecule has 4 atom stereocenters. The number of nitrogens with two attached hydrogens (primary N) is 2. The molecule has 0 saturated heterocycles. The highest BCUT2D eigenvalue weighted by atomic mass is 32.2. The first-order valence-corrected chi connectivity index (χ1v) is 20.2.